The summed E-state index contributed by atoms with van der Waals surface area (Å²) in [5.74, 6) is -0.346. The molecule has 86 valence electrons. The van der Waals surface area contributed by atoms with Crippen LogP contribution < -0.4 is 11.5 Å². The predicted octanol–water partition coefficient (Wildman–Crippen LogP) is 1.71. The number of hydrogen-bond donors (Lipinski definition) is 1. The lowest BCUT2D eigenvalue weighted by Crippen LogP contribution is -2.19. The maximum atomic E-state index is 11.7. The lowest BCUT2D eigenvalue weighted by atomic mass is 10.1. The summed E-state index contributed by atoms with van der Waals surface area (Å²) in [4.78, 5) is 11.7. The molecule has 1 aromatic heterocycles. The van der Waals surface area contributed by atoms with Gasteiger partial charge in [-0.1, -0.05) is 30.3 Å². The second-order valence-corrected chi connectivity index (χ2v) is 3.94. The minimum Gasteiger partial charge on any atom is -0.408 e. The first kappa shape index (κ1) is 10.1. The van der Waals surface area contributed by atoms with Gasteiger partial charge >= 0.3 is 5.76 Å². The van der Waals surface area contributed by atoms with Gasteiger partial charge in [-0.25, -0.2) is 4.79 Å². The minimum absolute atomic E-state index is 0.346. The van der Waals surface area contributed by atoms with Crippen LogP contribution in [0, 0.1) is 0 Å². The Morgan fingerprint density at radius 1 is 1.18 bits per heavy atom. The van der Waals surface area contributed by atoms with Crippen LogP contribution in [0.25, 0.3) is 21.9 Å². The zero-order valence-corrected chi connectivity index (χ0v) is 9.22. The largest absolute Gasteiger partial charge is 0.420 e. The number of oxazole rings is 1. The van der Waals surface area contributed by atoms with Crippen LogP contribution in [-0.4, -0.2) is 11.1 Å². The Balaban J connectivity index is 2.50. The normalized spacial score (nSPS) is 11.4. The smallest absolute Gasteiger partial charge is 0.408 e. The third-order valence-electron chi connectivity index (χ3n) is 2.90. The Hall–Kier alpha value is -2.07. The molecule has 0 bridgehead atoms. The molecule has 0 saturated heterocycles. The number of nitrogens with two attached hydrogens (primary N) is 1. The fraction of sp³-hybridized carbons (Fsp3) is 0.154. The standard InChI is InChI=1S/C13H12N2O2/c14-7-8-15-12-10-4-2-1-3-9(10)5-6-11(12)17-13(15)16/h1-6H,7-8,14H2. The van der Waals surface area contributed by atoms with Crippen molar-refractivity contribution in [2.75, 3.05) is 6.54 Å². The van der Waals surface area contributed by atoms with E-state index in [0.29, 0.717) is 18.7 Å². The number of hydrogen-bond acceptors (Lipinski definition) is 3. The molecule has 3 aromatic rings. The quantitative estimate of drug-likeness (QED) is 0.726. The van der Waals surface area contributed by atoms with Gasteiger partial charge < -0.3 is 10.2 Å². The van der Waals surface area contributed by atoms with Crippen LogP contribution in [0.3, 0.4) is 0 Å². The van der Waals surface area contributed by atoms with Crippen molar-refractivity contribution in [2.24, 2.45) is 5.73 Å². The van der Waals surface area contributed by atoms with Crippen molar-refractivity contribution in [1.29, 1.82) is 0 Å². The van der Waals surface area contributed by atoms with Crippen LogP contribution in [0.4, 0.5) is 0 Å². The molecule has 0 fully saturated rings. The summed E-state index contributed by atoms with van der Waals surface area (Å²) in [6.45, 7) is 0.887. The molecular weight excluding hydrogens is 216 g/mol. The van der Waals surface area contributed by atoms with Gasteiger partial charge in [0, 0.05) is 18.5 Å². The maximum Gasteiger partial charge on any atom is 0.420 e. The first-order valence-corrected chi connectivity index (χ1v) is 5.52. The number of benzene rings is 2. The van der Waals surface area contributed by atoms with E-state index in [4.69, 9.17) is 10.2 Å². The van der Waals surface area contributed by atoms with E-state index in [2.05, 4.69) is 0 Å². The third kappa shape index (κ3) is 1.45. The lowest BCUT2D eigenvalue weighted by Gasteiger charge is -2.02. The summed E-state index contributed by atoms with van der Waals surface area (Å²) >= 11 is 0. The van der Waals surface area contributed by atoms with Gasteiger partial charge in [0.25, 0.3) is 0 Å². The van der Waals surface area contributed by atoms with E-state index >= 15 is 0 Å². The van der Waals surface area contributed by atoms with Crippen molar-refractivity contribution < 1.29 is 4.42 Å². The topological polar surface area (TPSA) is 61.2 Å². The van der Waals surface area contributed by atoms with Crippen molar-refractivity contribution in [2.45, 2.75) is 6.54 Å². The van der Waals surface area contributed by atoms with Crippen LogP contribution in [0.15, 0.2) is 45.6 Å². The maximum absolute atomic E-state index is 11.7. The Bertz CT molecular complexity index is 740. The molecule has 3 rings (SSSR count). The summed E-state index contributed by atoms with van der Waals surface area (Å²) in [5, 5.41) is 2.11. The fourth-order valence-electron chi connectivity index (χ4n) is 2.17. The van der Waals surface area contributed by atoms with Crippen molar-refractivity contribution in [1.82, 2.24) is 4.57 Å². The van der Waals surface area contributed by atoms with Crippen molar-refractivity contribution in [3.63, 3.8) is 0 Å². The SMILES string of the molecule is NCCn1c(=O)oc2ccc3ccccc3c21. The van der Waals surface area contributed by atoms with Crippen molar-refractivity contribution in [3.8, 4) is 0 Å². The van der Waals surface area contributed by atoms with Gasteiger partial charge in [-0.15, -0.1) is 0 Å². The Morgan fingerprint density at radius 3 is 2.82 bits per heavy atom. The second kappa shape index (κ2) is 3.75. The second-order valence-electron chi connectivity index (χ2n) is 3.94. The monoisotopic (exact) mass is 228 g/mol. The summed E-state index contributed by atoms with van der Waals surface area (Å²) < 4.78 is 6.81. The zero-order valence-electron chi connectivity index (χ0n) is 9.22. The molecule has 0 amide bonds. The van der Waals surface area contributed by atoms with Gasteiger partial charge in [0.15, 0.2) is 5.58 Å². The van der Waals surface area contributed by atoms with Gasteiger partial charge in [-0.2, -0.15) is 0 Å². The summed E-state index contributed by atoms with van der Waals surface area (Å²) in [7, 11) is 0. The molecule has 17 heavy (non-hydrogen) atoms. The molecule has 0 saturated carbocycles. The number of rotatable bonds is 2. The molecule has 1 heterocycles. The highest BCUT2D eigenvalue weighted by atomic mass is 16.4. The van der Waals surface area contributed by atoms with E-state index in [1.54, 1.807) is 4.57 Å². The van der Waals surface area contributed by atoms with Crippen LogP contribution in [-0.2, 0) is 6.54 Å². The number of fused-ring (bicyclic) bond motifs is 3. The lowest BCUT2D eigenvalue weighted by molar-refractivity contribution is 0.507. The molecule has 0 aliphatic carbocycles. The van der Waals surface area contributed by atoms with Gasteiger partial charge in [0.2, 0.25) is 0 Å². The van der Waals surface area contributed by atoms with Gasteiger partial charge in [0.1, 0.15) is 0 Å². The number of nitrogens with zero attached hydrogens (tertiary/aromatic N) is 1. The Kier molecular flexibility index (Phi) is 2.23. The first-order valence-electron chi connectivity index (χ1n) is 5.52. The van der Waals surface area contributed by atoms with Gasteiger partial charge in [-0.3, -0.25) is 4.57 Å². The van der Waals surface area contributed by atoms with E-state index in [1.807, 2.05) is 36.4 Å². The molecule has 4 nitrogen and oxygen atoms in total. The summed E-state index contributed by atoms with van der Waals surface area (Å²) in [6.07, 6.45) is 0. The number of aromatic nitrogens is 1. The summed E-state index contributed by atoms with van der Waals surface area (Å²) in [5.41, 5.74) is 6.97. The molecule has 0 aliphatic heterocycles. The molecule has 0 radical (unpaired) electrons. The highest BCUT2D eigenvalue weighted by Crippen LogP contribution is 2.24. The van der Waals surface area contributed by atoms with E-state index in [-0.39, 0.29) is 5.76 Å². The molecule has 4 heteroatoms. The molecule has 0 atom stereocenters. The third-order valence-corrected chi connectivity index (χ3v) is 2.90. The van der Waals surface area contributed by atoms with E-state index in [1.165, 1.54) is 0 Å². The summed E-state index contributed by atoms with van der Waals surface area (Å²) in [6, 6.07) is 11.7. The van der Waals surface area contributed by atoms with Crippen LogP contribution in [0.5, 0.6) is 0 Å². The van der Waals surface area contributed by atoms with Gasteiger partial charge in [0.05, 0.1) is 5.52 Å². The van der Waals surface area contributed by atoms with E-state index < -0.39 is 0 Å². The molecule has 2 N–H and O–H groups in total. The highest BCUT2D eigenvalue weighted by Gasteiger charge is 2.11. The minimum atomic E-state index is -0.346. The predicted molar refractivity (Wildman–Crippen MR) is 67.0 cm³/mol. The van der Waals surface area contributed by atoms with Gasteiger partial charge in [-0.05, 0) is 11.5 Å². The fourth-order valence-corrected chi connectivity index (χ4v) is 2.17. The van der Waals surface area contributed by atoms with Crippen LogP contribution in [0.2, 0.25) is 0 Å². The first-order chi connectivity index (χ1) is 8.31. The molecule has 0 spiro atoms. The molecule has 0 aliphatic rings. The van der Waals surface area contributed by atoms with Crippen molar-refractivity contribution in [3.05, 3.63) is 46.9 Å². The average molecular weight is 228 g/mol. The zero-order chi connectivity index (χ0) is 11.8. The Labute approximate surface area is 97.2 Å². The molecular formula is C13H12N2O2. The average Bonchev–Trinajstić information content (AvgIpc) is 2.67. The van der Waals surface area contributed by atoms with Crippen molar-refractivity contribution >= 4 is 21.9 Å². The Morgan fingerprint density at radius 2 is 2.00 bits per heavy atom. The molecule has 0 unspecified atom stereocenters. The van der Waals surface area contributed by atoms with Crippen LogP contribution in [0.1, 0.15) is 0 Å². The van der Waals surface area contributed by atoms with Crippen LogP contribution >= 0.6 is 0 Å². The van der Waals surface area contributed by atoms with E-state index in [9.17, 15) is 4.79 Å². The molecule has 2 aromatic carbocycles. The highest BCUT2D eigenvalue weighted by molar-refractivity contribution is 6.03. The van der Waals surface area contributed by atoms with E-state index in [0.717, 1.165) is 16.3 Å².